The predicted molar refractivity (Wildman–Crippen MR) is 169 cm³/mol. The maximum absolute atomic E-state index is 12.1. The van der Waals surface area contributed by atoms with Crippen molar-refractivity contribution in [2.75, 3.05) is 105 Å². The summed E-state index contributed by atoms with van der Waals surface area (Å²) < 4.78 is 0. The Labute approximate surface area is 291 Å². The summed E-state index contributed by atoms with van der Waals surface area (Å²) in [5, 5.41) is 77.7. The summed E-state index contributed by atoms with van der Waals surface area (Å²) >= 11 is 0. The van der Waals surface area contributed by atoms with E-state index < -0.39 is 111 Å². The summed E-state index contributed by atoms with van der Waals surface area (Å²) in [7, 11) is 0. The highest BCUT2D eigenvalue weighted by molar-refractivity contribution is 5.74. The third-order valence-electron chi connectivity index (χ3n) is 8.90. The van der Waals surface area contributed by atoms with Crippen LogP contribution in [0.1, 0.15) is 19.3 Å². The first-order valence-electron chi connectivity index (χ1n) is 15.9. The first-order chi connectivity index (χ1) is 23.7. The number of nitrogens with zero attached hydrogens (tertiary/aromatic N) is 6. The topological polar surface area (TPSA) is 318 Å². The zero-order chi connectivity index (χ0) is 38.5. The molecule has 0 unspecified atom stereocenters. The number of hydrogen-bond acceptors (Lipinski definition) is 14. The van der Waals surface area contributed by atoms with Gasteiger partial charge in [0.05, 0.1) is 52.4 Å². The van der Waals surface area contributed by atoms with Crippen LogP contribution in [-0.2, 0) is 38.4 Å². The molecule has 0 aromatic heterocycles. The van der Waals surface area contributed by atoms with Gasteiger partial charge in [-0.25, -0.2) is 0 Å². The maximum atomic E-state index is 12.1. The molecule has 0 atom stereocenters. The monoisotopic (exact) mass is 734 g/mol. The van der Waals surface area contributed by atoms with Crippen LogP contribution >= 0.6 is 0 Å². The lowest BCUT2D eigenvalue weighted by Crippen LogP contribution is -2.63. The molecule has 0 amide bonds. The number of carbonyl (C=O) groups is 8. The molecule has 8 N–H and O–H groups in total. The fourth-order valence-corrected chi connectivity index (χ4v) is 7.17. The number of aliphatic carboxylic acids is 8. The van der Waals surface area contributed by atoms with Crippen LogP contribution in [0.25, 0.3) is 0 Å². The van der Waals surface area contributed by atoms with Crippen molar-refractivity contribution in [3.63, 3.8) is 0 Å². The summed E-state index contributed by atoms with van der Waals surface area (Å²) in [4.78, 5) is 103. The molecule has 22 heteroatoms. The molecule has 0 spiro atoms. The van der Waals surface area contributed by atoms with Crippen molar-refractivity contribution in [3.05, 3.63) is 0 Å². The Balaban J connectivity index is 2.75. The van der Waals surface area contributed by atoms with E-state index in [0.717, 1.165) is 9.80 Å². The van der Waals surface area contributed by atoms with E-state index in [9.17, 15) is 79.2 Å². The van der Waals surface area contributed by atoms with Crippen molar-refractivity contribution in [1.82, 2.24) is 29.4 Å². The molecule has 2 fully saturated rings. The number of carboxylic acid groups (broad SMARTS) is 8. The van der Waals surface area contributed by atoms with Gasteiger partial charge in [-0.3, -0.25) is 67.8 Å². The molecule has 2 aliphatic heterocycles. The normalized spacial score (nSPS) is 18.9. The van der Waals surface area contributed by atoms with E-state index >= 15 is 0 Å². The standard InChI is InChI=1S/C29H46N6O16/c36-20(37)8-30-4-5-31(9-21(38)39)17-28(16-30,34(12-24(44)45)13-25(46)47)2-1-3-29(35(14-26(48)49)15-27(50)51)18-32(10-22(40)41)6-7-33(19-29)11-23(42)43/h1-19H2,(H,36,37)(H,38,39)(H,40,41)(H,42,43)(H,44,45)(H,46,47)(H,48,49)(H,50,51). The Bertz CT molecular complexity index is 1130. The Morgan fingerprint density at radius 2 is 0.608 bits per heavy atom. The van der Waals surface area contributed by atoms with Gasteiger partial charge in [0.1, 0.15) is 0 Å². The highest BCUT2D eigenvalue weighted by Gasteiger charge is 2.47. The average molecular weight is 735 g/mol. The summed E-state index contributed by atoms with van der Waals surface area (Å²) in [6, 6.07) is 0. The van der Waals surface area contributed by atoms with Crippen molar-refractivity contribution < 1.29 is 79.2 Å². The predicted octanol–water partition coefficient (Wildman–Crippen LogP) is -3.85. The molecule has 0 radical (unpaired) electrons. The van der Waals surface area contributed by atoms with E-state index in [-0.39, 0.29) is 71.6 Å². The molecule has 2 saturated heterocycles. The van der Waals surface area contributed by atoms with Crippen LogP contribution in [0.15, 0.2) is 0 Å². The van der Waals surface area contributed by atoms with Crippen molar-refractivity contribution in [1.29, 1.82) is 0 Å². The fourth-order valence-electron chi connectivity index (χ4n) is 7.17. The second-order valence-electron chi connectivity index (χ2n) is 13.0. The molecule has 0 aliphatic carbocycles. The van der Waals surface area contributed by atoms with Gasteiger partial charge in [-0.1, -0.05) is 0 Å². The quantitative estimate of drug-likeness (QED) is 0.0528. The van der Waals surface area contributed by atoms with Crippen LogP contribution < -0.4 is 0 Å². The molecule has 0 bridgehead atoms. The molecule has 0 aromatic rings. The number of hydrogen-bond donors (Lipinski definition) is 8. The van der Waals surface area contributed by atoms with Crippen molar-refractivity contribution in [2.24, 2.45) is 0 Å². The van der Waals surface area contributed by atoms with Gasteiger partial charge < -0.3 is 40.9 Å². The lowest BCUT2D eigenvalue weighted by Gasteiger charge is -2.48. The molecule has 22 nitrogen and oxygen atoms in total. The van der Waals surface area contributed by atoms with E-state index in [0.29, 0.717) is 0 Å². The smallest absolute Gasteiger partial charge is 0.317 e. The van der Waals surface area contributed by atoms with Gasteiger partial charge in [0.15, 0.2) is 0 Å². The van der Waals surface area contributed by atoms with Crippen molar-refractivity contribution >= 4 is 47.8 Å². The molecular formula is C29H46N6O16. The SMILES string of the molecule is O=C(O)CN1CCN(CC(=O)O)CC(CCCC2(N(CC(=O)O)CC(=O)O)CN(CC(=O)O)CCN(CC(=O)O)C2)(N(CC(=O)O)CC(=O)O)C1. The Kier molecular flexibility index (Phi) is 16.1. The summed E-state index contributed by atoms with van der Waals surface area (Å²) in [5.41, 5.74) is -3.09. The second kappa shape index (κ2) is 19.2. The van der Waals surface area contributed by atoms with Crippen LogP contribution in [-0.4, -0.2) is 234 Å². The van der Waals surface area contributed by atoms with Crippen LogP contribution in [0.3, 0.4) is 0 Å². The second-order valence-corrected chi connectivity index (χ2v) is 13.0. The minimum absolute atomic E-state index is 0.0263. The van der Waals surface area contributed by atoms with Gasteiger partial charge >= 0.3 is 47.8 Å². The van der Waals surface area contributed by atoms with Gasteiger partial charge in [-0.05, 0) is 19.3 Å². The fraction of sp³-hybridized carbons (Fsp3) is 0.724. The summed E-state index contributed by atoms with van der Waals surface area (Å²) in [6.07, 6.45) is -0.351. The molecule has 51 heavy (non-hydrogen) atoms. The molecular weight excluding hydrogens is 688 g/mol. The van der Waals surface area contributed by atoms with Crippen molar-refractivity contribution in [2.45, 2.75) is 30.3 Å². The summed E-state index contributed by atoms with van der Waals surface area (Å²) in [6.45, 7) is -6.41. The maximum Gasteiger partial charge on any atom is 0.317 e. The minimum Gasteiger partial charge on any atom is -0.480 e. The Hall–Kier alpha value is -4.48. The molecule has 0 saturated carbocycles. The highest BCUT2D eigenvalue weighted by atomic mass is 16.4. The first-order valence-corrected chi connectivity index (χ1v) is 15.9. The number of rotatable bonds is 22. The summed E-state index contributed by atoms with van der Waals surface area (Å²) in [5.74, 6) is -10.8. The van der Waals surface area contributed by atoms with Crippen LogP contribution in [0.4, 0.5) is 0 Å². The number of carboxylic acids is 8. The van der Waals surface area contributed by atoms with E-state index in [1.165, 1.54) is 19.6 Å². The Morgan fingerprint density at radius 3 is 0.784 bits per heavy atom. The lowest BCUT2D eigenvalue weighted by molar-refractivity contribution is -0.148. The third kappa shape index (κ3) is 14.3. The minimum atomic E-state index is -1.55. The third-order valence-corrected chi connectivity index (χ3v) is 8.90. The van der Waals surface area contributed by atoms with E-state index in [1.54, 1.807) is 0 Å². The van der Waals surface area contributed by atoms with Gasteiger partial charge in [0.2, 0.25) is 0 Å². The van der Waals surface area contributed by atoms with E-state index in [2.05, 4.69) is 0 Å². The molecule has 0 aromatic carbocycles. The van der Waals surface area contributed by atoms with Gasteiger partial charge in [-0.2, -0.15) is 0 Å². The van der Waals surface area contributed by atoms with Crippen LogP contribution in [0.2, 0.25) is 0 Å². The highest BCUT2D eigenvalue weighted by Crippen LogP contribution is 2.33. The van der Waals surface area contributed by atoms with Crippen LogP contribution in [0.5, 0.6) is 0 Å². The average Bonchev–Trinajstić information content (AvgIpc) is 3.22. The Morgan fingerprint density at radius 1 is 0.392 bits per heavy atom. The molecule has 2 aliphatic rings. The van der Waals surface area contributed by atoms with Gasteiger partial charge in [0.25, 0.3) is 0 Å². The molecule has 2 heterocycles. The largest absolute Gasteiger partial charge is 0.480 e. The first kappa shape index (κ1) is 42.7. The van der Waals surface area contributed by atoms with E-state index in [4.69, 9.17) is 0 Å². The van der Waals surface area contributed by atoms with E-state index in [1.807, 2.05) is 0 Å². The van der Waals surface area contributed by atoms with Gasteiger partial charge in [-0.15, -0.1) is 0 Å². The molecule has 2 rings (SSSR count). The van der Waals surface area contributed by atoms with Gasteiger partial charge in [0, 0.05) is 63.4 Å². The lowest BCUT2D eigenvalue weighted by atomic mass is 9.83. The van der Waals surface area contributed by atoms with Crippen LogP contribution in [0, 0.1) is 0 Å². The molecule has 288 valence electrons. The zero-order valence-electron chi connectivity index (χ0n) is 28.0. The zero-order valence-corrected chi connectivity index (χ0v) is 28.0. The van der Waals surface area contributed by atoms with Crippen molar-refractivity contribution in [3.8, 4) is 0 Å².